The number of allylic oxidation sites excluding steroid dienone is 2. The Morgan fingerprint density at radius 1 is 1.04 bits per heavy atom. The van der Waals surface area contributed by atoms with E-state index in [1.54, 1.807) is 12.1 Å². The van der Waals surface area contributed by atoms with Gasteiger partial charge in [0.25, 0.3) is 0 Å². The van der Waals surface area contributed by atoms with E-state index in [0.29, 0.717) is 18.4 Å². The maximum atomic E-state index is 13.6. The van der Waals surface area contributed by atoms with Gasteiger partial charge < -0.3 is 0 Å². The highest BCUT2D eigenvalue weighted by molar-refractivity contribution is 6.30. The molecular weight excluding hydrogens is 329 g/mol. The van der Waals surface area contributed by atoms with Gasteiger partial charge in [0.2, 0.25) is 0 Å². The van der Waals surface area contributed by atoms with Crippen LogP contribution >= 0.6 is 11.6 Å². The second-order valence-electron chi connectivity index (χ2n) is 6.69. The summed E-state index contributed by atoms with van der Waals surface area (Å²) in [5.41, 5.74) is 3.08. The lowest BCUT2D eigenvalue weighted by molar-refractivity contribution is -0.122. The van der Waals surface area contributed by atoms with Crippen molar-refractivity contribution in [2.75, 3.05) is 0 Å². The van der Waals surface area contributed by atoms with Gasteiger partial charge in [-0.1, -0.05) is 17.7 Å². The van der Waals surface area contributed by atoms with Crippen LogP contribution in [0.4, 0.5) is 4.39 Å². The van der Waals surface area contributed by atoms with Crippen molar-refractivity contribution in [3.8, 4) is 0 Å². The molecule has 1 aliphatic heterocycles. The molecule has 2 atom stereocenters. The van der Waals surface area contributed by atoms with Gasteiger partial charge in [-0.25, -0.2) is 4.39 Å². The van der Waals surface area contributed by atoms with Crippen molar-refractivity contribution in [3.05, 3.63) is 45.9 Å². The molecule has 0 saturated heterocycles. The summed E-state index contributed by atoms with van der Waals surface area (Å²) in [4.78, 5) is 29.9. The molecule has 24 heavy (non-hydrogen) atoms. The van der Waals surface area contributed by atoms with Gasteiger partial charge in [-0.05, 0) is 43.4 Å². The third-order valence-corrected chi connectivity index (χ3v) is 5.51. The lowest BCUT2D eigenvalue weighted by atomic mass is 9.67. The minimum Gasteiger partial charge on any atom is -0.299 e. The van der Waals surface area contributed by atoms with Crippen LogP contribution in [0.5, 0.6) is 0 Å². The molecule has 0 bridgehead atoms. The van der Waals surface area contributed by atoms with Crippen LogP contribution in [0.15, 0.2) is 34.5 Å². The number of hydrogen-bond acceptors (Lipinski definition) is 3. The van der Waals surface area contributed by atoms with E-state index in [2.05, 4.69) is 4.99 Å². The fraction of sp³-hybridized carbons (Fsp3) is 0.421. The first-order valence-corrected chi connectivity index (χ1v) is 8.75. The fourth-order valence-electron chi connectivity index (χ4n) is 4.16. The SMILES string of the molecule is O=C1CCCC2=C1C(c1ccc(F)c(Cl)c1)C1C(=O)CCCC1=N2. The minimum absolute atomic E-state index is 0.0187. The molecule has 1 saturated carbocycles. The Bertz CT molecular complexity index is 812. The molecule has 1 heterocycles. The molecule has 3 nitrogen and oxygen atoms in total. The Morgan fingerprint density at radius 3 is 2.62 bits per heavy atom. The molecule has 5 heteroatoms. The van der Waals surface area contributed by atoms with E-state index < -0.39 is 11.7 Å². The largest absolute Gasteiger partial charge is 0.299 e. The van der Waals surface area contributed by atoms with E-state index in [4.69, 9.17) is 11.6 Å². The number of fused-ring (bicyclic) bond motifs is 1. The third kappa shape index (κ3) is 2.44. The van der Waals surface area contributed by atoms with Gasteiger partial charge >= 0.3 is 0 Å². The van der Waals surface area contributed by atoms with Crippen LogP contribution in [-0.2, 0) is 9.59 Å². The Hall–Kier alpha value is -1.81. The standard InChI is InChI=1S/C19H17ClFNO2/c20-11-9-10(7-8-12(11)21)17-18-13(3-1-5-15(18)23)22-14-4-2-6-16(24)19(14)17/h7-9,17-18H,1-6H2. The Morgan fingerprint density at radius 2 is 1.83 bits per heavy atom. The predicted octanol–water partition coefficient (Wildman–Crippen LogP) is 4.39. The molecule has 1 aromatic rings. The molecular formula is C19H17ClFNO2. The summed E-state index contributed by atoms with van der Waals surface area (Å²) in [6.07, 6.45) is 4.14. The van der Waals surface area contributed by atoms with Crippen LogP contribution in [0.2, 0.25) is 5.02 Å². The summed E-state index contributed by atoms with van der Waals surface area (Å²) in [7, 11) is 0. The number of carbonyl (C=O) groups excluding carboxylic acids is 2. The van der Waals surface area contributed by atoms with Crippen LogP contribution < -0.4 is 0 Å². The summed E-state index contributed by atoms with van der Waals surface area (Å²) >= 11 is 5.96. The lowest BCUT2D eigenvalue weighted by Crippen LogP contribution is -2.39. The molecule has 0 spiro atoms. The first-order valence-electron chi connectivity index (χ1n) is 8.37. The number of hydrogen-bond donors (Lipinski definition) is 0. The third-order valence-electron chi connectivity index (χ3n) is 5.22. The maximum Gasteiger partial charge on any atom is 0.161 e. The van der Waals surface area contributed by atoms with Crippen LogP contribution in [0.3, 0.4) is 0 Å². The van der Waals surface area contributed by atoms with Crippen LogP contribution in [0, 0.1) is 11.7 Å². The average Bonchev–Trinajstić information content (AvgIpc) is 2.56. The van der Waals surface area contributed by atoms with Gasteiger partial charge in [0.15, 0.2) is 5.78 Å². The number of halogens is 2. The van der Waals surface area contributed by atoms with E-state index in [9.17, 15) is 14.0 Å². The van der Waals surface area contributed by atoms with E-state index in [-0.39, 0.29) is 22.5 Å². The molecule has 0 N–H and O–H groups in total. The Balaban J connectivity index is 1.91. The first-order chi connectivity index (χ1) is 11.6. The number of rotatable bonds is 1. The van der Waals surface area contributed by atoms with Gasteiger partial charge in [-0.3, -0.25) is 14.6 Å². The number of nitrogens with zero attached hydrogens (tertiary/aromatic N) is 1. The van der Waals surface area contributed by atoms with Crippen LogP contribution in [0.25, 0.3) is 0 Å². The lowest BCUT2D eigenvalue weighted by Gasteiger charge is -2.37. The molecule has 124 valence electrons. The van der Waals surface area contributed by atoms with Crippen molar-refractivity contribution in [2.24, 2.45) is 10.9 Å². The van der Waals surface area contributed by atoms with E-state index in [1.807, 2.05) is 0 Å². The number of aliphatic imine (C=N–C) groups is 1. The highest BCUT2D eigenvalue weighted by atomic mass is 35.5. The molecule has 3 aliphatic rings. The van der Waals surface area contributed by atoms with Crippen molar-refractivity contribution >= 4 is 28.9 Å². The topological polar surface area (TPSA) is 46.5 Å². The van der Waals surface area contributed by atoms with Crippen molar-refractivity contribution in [2.45, 2.75) is 44.4 Å². The number of benzene rings is 1. The highest BCUT2D eigenvalue weighted by Crippen LogP contribution is 2.46. The number of Topliss-reactive ketones (excluding diaryl/α,β-unsaturated/α-hetero) is 2. The maximum absolute atomic E-state index is 13.6. The summed E-state index contributed by atoms with van der Waals surface area (Å²) in [5.74, 6) is -1.09. The molecule has 4 rings (SSSR count). The smallest absolute Gasteiger partial charge is 0.161 e. The van der Waals surface area contributed by atoms with Gasteiger partial charge in [-0.15, -0.1) is 0 Å². The van der Waals surface area contributed by atoms with Crippen molar-refractivity contribution in [1.29, 1.82) is 0 Å². The summed E-state index contributed by atoms with van der Waals surface area (Å²) in [6.45, 7) is 0. The summed E-state index contributed by atoms with van der Waals surface area (Å²) < 4.78 is 13.6. The fourth-order valence-corrected chi connectivity index (χ4v) is 4.35. The average molecular weight is 346 g/mol. The normalized spacial score (nSPS) is 26.8. The van der Waals surface area contributed by atoms with Crippen LogP contribution in [0.1, 0.15) is 50.0 Å². The number of carbonyl (C=O) groups is 2. The molecule has 1 fully saturated rings. The first kappa shape index (κ1) is 15.7. The molecule has 0 aromatic heterocycles. The van der Waals surface area contributed by atoms with Crippen molar-refractivity contribution in [3.63, 3.8) is 0 Å². The van der Waals surface area contributed by atoms with E-state index in [1.165, 1.54) is 6.07 Å². The Kier molecular flexibility index (Phi) is 3.87. The van der Waals surface area contributed by atoms with Gasteiger partial charge in [0.1, 0.15) is 11.6 Å². The zero-order valence-electron chi connectivity index (χ0n) is 13.1. The van der Waals surface area contributed by atoms with Gasteiger partial charge in [0, 0.05) is 35.7 Å². The van der Waals surface area contributed by atoms with Crippen LogP contribution in [-0.4, -0.2) is 17.3 Å². The molecule has 0 radical (unpaired) electrons. The second kappa shape index (κ2) is 5.92. The van der Waals surface area contributed by atoms with Gasteiger partial charge in [0.05, 0.1) is 10.9 Å². The highest BCUT2D eigenvalue weighted by Gasteiger charge is 2.44. The molecule has 1 aromatic carbocycles. The van der Waals surface area contributed by atoms with Crippen molar-refractivity contribution in [1.82, 2.24) is 0 Å². The van der Waals surface area contributed by atoms with E-state index >= 15 is 0 Å². The number of ketones is 2. The molecule has 0 amide bonds. The minimum atomic E-state index is -0.496. The van der Waals surface area contributed by atoms with Crippen molar-refractivity contribution < 1.29 is 14.0 Å². The summed E-state index contributed by atoms with van der Waals surface area (Å²) in [5, 5.41) is 0.0187. The van der Waals surface area contributed by atoms with Gasteiger partial charge in [-0.2, -0.15) is 0 Å². The quantitative estimate of drug-likeness (QED) is 0.757. The molecule has 2 unspecified atom stereocenters. The zero-order valence-corrected chi connectivity index (χ0v) is 13.9. The molecule has 2 aliphatic carbocycles. The monoisotopic (exact) mass is 345 g/mol. The zero-order chi connectivity index (χ0) is 16.8. The Labute approximate surface area is 144 Å². The van der Waals surface area contributed by atoms with E-state index in [0.717, 1.165) is 42.7 Å². The predicted molar refractivity (Wildman–Crippen MR) is 89.8 cm³/mol. The second-order valence-corrected chi connectivity index (χ2v) is 7.10. The summed E-state index contributed by atoms with van der Waals surface area (Å²) in [6, 6.07) is 4.51.